The topological polar surface area (TPSA) is 83.5 Å². The number of ether oxygens (including phenoxy) is 3. The minimum atomic E-state index is -1.95. The maximum absolute atomic E-state index is 12.4. The van der Waals surface area contributed by atoms with Crippen LogP contribution < -0.4 is 0 Å². The van der Waals surface area contributed by atoms with Crippen molar-refractivity contribution >= 4 is 22.6 Å². The molecule has 0 amide bonds. The van der Waals surface area contributed by atoms with E-state index in [-0.39, 0.29) is 81.2 Å². The first kappa shape index (κ1) is 68.1. The van der Waals surface area contributed by atoms with Gasteiger partial charge in [0.15, 0.2) is 16.6 Å². The van der Waals surface area contributed by atoms with Crippen molar-refractivity contribution in [2.75, 3.05) is 0 Å². The van der Waals surface area contributed by atoms with Crippen LogP contribution >= 0.6 is 0 Å². The molecule has 12 aliphatic rings. The Hall–Kier alpha value is -0.296. The molecule has 2 saturated heterocycles. The van der Waals surface area contributed by atoms with E-state index < -0.39 is 22.7 Å². The molecule has 0 aromatic rings. The Bertz CT molecular complexity index is 2530. The SMILES string of the molecule is CC[Si](CC)(CC)O[C@H]1C2OC([C@H](O)C(C)(C)C)C[C@@H](C)C2[C@@]2(C)CC[C@@]34CC35CC[C@H](C)C(C)(C)[C@@H]5CC[C@H]4[C@]12C.CC[Si](CC)(CC)O[C@H]1C2OC([C@H](OC(C)=O)C(C)(C)C)C[C@@H](C)C2[C@@]2(C)CC[C@@]34CC35CC[C@H](C)C(C)(C)[C@@H]5CC[C@H]4[C@]12C. The van der Waals surface area contributed by atoms with Crippen LogP contribution in [0.4, 0.5) is 0 Å². The number of carbonyl (C=O) groups excluding carboxylic acids is 1. The van der Waals surface area contributed by atoms with Gasteiger partial charge in [-0.25, -0.2) is 0 Å². The molecule has 26 atom stereocenters. The molecule has 0 aromatic carbocycles. The third-order valence-corrected chi connectivity index (χ3v) is 43.3. The van der Waals surface area contributed by atoms with Gasteiger partial charge >= 0.3 is 5.97 Å². The van der Waals surface area contributed by atoms with Crippen LogP contribution in [0.1, 0.15) is 276 Å². The summed E-state index contributed by atoms with van der Waals surface area (Å²) in [5.74, 6) is 6.69. The number of hydrogen-bond acceptors (Lipinski definition) is 7. The van der Waals surface area contributed by atoms with Crippen molar-refractivity contribution in [1.82, 2.24) is 0 Å². The van der Waals surface area contributed by atoms with Gasteiger partial charge in [0.05, 0.1) is 42.7 Å². The largest absolute Gasteiger partial charge is 0.459 e. The number of fused-ring (bicyclic) bond motifs is 8. The van der Waals surface area contributed by atoms with Gasteiger partial charge in [-0.3, -0.25) is 4.79 Å². The minimum Gasteiger partial charge on any atom is -0.459 e. The second kappa shape index (κ2) is 21.9. The average Bonchev–Trinajstić information content (AvgIpc) is 1.47. The van der Waals surface area contributed by atoms with Crippen LogP contribution in [-0.4, -0.2) is 76.5 Å². The fourth-order valence-electron chi connectivity index (χ4n) is 27.8. The van der Waals surface area contributed by atoms with Crippen molar-refractivity contribution in [2.45, 2.75) is 361 Å². The zero-order chi connectivity index (χ0) is 64.1. The Morgan fingerprint density at radius 2 is 0.851 bits per heavy atom. The third-order valence-electron chi connectivity index (χ3n) is 34.0. The second-order valence-corrected chi connectivity index (χ2v) is 48.2. The van der Waals surface area contributed by atoms with Crippen molar-refractivity contribution in [1.29, 1.82) is 0 Å². The van der Waals surface area contributed by atoms with Crippen LogP contribution in [0, 0.1) is 124 Å². The number of aliphatic hydroxyl groups excluding tert-OH is 1. The monoisotopic (exact) mass is 1240 g/mol. The van der Waals surface area contributed by atoms with Gasteiger partial charge in [-0.15, -0.1) is 0 Å². The molecular weight excluding hydrogens is 1110 g/mol. The standard InChI is InChI=1S/C40H70O4Si.C38H68O3Si/c1-14-45(15-2,16-3)44-34-32-31(25(4)23-28(43-32)33(35(7,8)9)42-27(6)41)37(12)21-22-40-24-39(40)20-19-26(5)36(10,11)29(39)17-18-30(40)38(34,37)13;1-13-42(14-2,15-3)41-32-30-29(24(4)22-26(40-30)31(39)33(6,7)8)35(11)20-21-38-23-37(38)19-18-25(5)34(9,10)27(37)16-17-28(38)36(32,35)12/h25-26,28-34H,14-24H2,1-13H3;24-32,39H,13-23H2,1-12H3/t25-,26+,28?,29+,30+,31?,32?,33+,34+,37-,38-,39?,40+;24-,25+,26?,27+,28+,29?,30?,31+,32+,35-,36-,37?,38+/m11/s1. The van der Waals surface area contributed by atoms with E-state index in [1.807, 2.05) is 0 Å². The molecule has 12 rings (SSSR count). The molecule has 12 fully saturated rings. The Labute approximate surface area is 537 Å². The Morgan fingerprint density at radius 3 is 1.20 bits per heavy atom. The zero-order valence-electron chi connectivity index (χ0n) is 61.3. The van der Waals surface area contributed by atoms with Crippen LogP contribution in [0.3, 0.4) is 0 Å². The highest BCUT2D eigenvalue weighted by molar-refractivity contribution is 6.74. The predicted molar refractivity (Wildman–Crippen MR) is 363 cm³/mol. The van der Waals surface area contributed by atoms with Gasteiger partial charge in [-0.2, -0.15) is 0 Å². The minimum absolute atomic E-state index is 0.0658. The lowest BCUT2D eigenvalue weighted by Crippen LogP contribution is -2.61. The third kappa shape index (κ3) is 9.18. The summed E-state index contributed by atoms with van der Waals surface area (Å²) in [6.45, 7) is 60.5. The summed E-state index contributed by atoms with van der Waals surface area (Å²) in [7, 11) is -3.85. The van der Waals surface area contributed by atoms with E-state index in [2.05, 4.69) is 166 Å². The number of aliphatic hydroxyl groups is 1. The number of rotatable bonds is 13. The molecular formula is C78H138O7Si2. The molecule has 2 heterocycles. The maximum atomic E-state index is 12.4. The summed E-state index contributed by atoms with van der Waals surface area (Å²) in [6, 6.07) is 7.09. The maximum Gasteiger partial charge on any atom is 0.303 e. The lowest BCUT2D eigenvalue weighted by Gasteiger charge is -2.64. The first-order chi connectivity index (χ1) is 40.3. The van der Waals surface area contributed by atoms with Gasteiger partial charge in [0, 0.05) is 23.2 Å². The summed E-state index contributed by atoms with van der Waals surface area (Å²) >= 11 is 0. The smallest absolute Gasteiger partial charge is 0.303 e. The summed E-state index contributed by atoms with van der Waals surface area (Å²) in [5.41, 5.74) is 3.24. The van der Waals surface area contributed by atoms with Crippen molar-refractivity contribution in [3.05, 3.63) is 0 Å². The predicted octanol–water partition coefficient (Wildman–Crippen LogP) is 20.3. The lowest BCUT2D eigenvalue weighted by molar-refractivity contribution is -0.202. The molecule has 87 heavy (non-hydrogen) atoms. The molecule has 10 aliphatic carbocycles. The van der Waals surface area contributed by atoms with Crippen LogP contribution in [0.25, 0.3) is 0 Å². The van der Waals surface area contributed by atoms with Gasteiger partial charge in [0.1, 0.15) is 6.10 Å². The van der Waals surface area contributed by atoms with Gasteiger partial charge in [0.2, 0.25) is 0 Å². The summed E-state index contributed by atoms with van der Waals surface area (Å²) < 4.78 is 36.7. The van der Waals surface area contributed by atoms with Gasteiger partial charge in [0.25, 0.3) is 0 Å². The van der Waals surface area contributed by atoms with E-state index >= 15 is 0 Å². The molecule has 0 radical (unpaired) electrons. The number of carbonyl (C=O) groups is 1. The van der Waals surface area contributed by atoms with Crippen molar-refractivity contribution in [3.63, 3.8) is 0 Å². The number of esters is 1. The molecule has 500 valence electrons. The van der Waals surface area contributed by atoms with Gasteiger partial charge in [-0.1, -0.05) is 166 Å². The molecule has 7 nitrogen and oxygen atoms in total. The van der Waals surface area contributed by atoms with Crippen LogP contribution in [0.5, 0.6) is 0 Å². The van der Waals surface area contributed by atoms with Crippen molar-refractivity contribution in [3.8, 4) is 0 Å². The highest BCUT2D eigenvalue weighted by Gasteiger charge is 2.87. The molecule has 0 bridgehead atoms. The summed E-state index contributed by atoms with van der Waals surface area (Å²) in [4.78, 5) is 12.4. The molecule has 10 saturated carbocycles. The van der Waals surface area contributed by atoms with E-state index in [0.717, 1.165) is 42.4 Å². The molecule has 1 N–H and O–H groups in total. The molecule has 2 aliphatic heterocycles. The van der Waals surface area contributed by atoms with Crippen molar-refractivity contribution < 1.29 is 33.0 Å². The fraction of sp³-hybridized carbons (Fsp3) is 0.987. The molecule has 9 heteroatoms. The van der Waals surface area contributed by atoms with E-state index in [0.29, 0.717) is 62.1 Å². The normalized spacial score (nSPS) is 50.5. The zero-order valence-corrected chi connectivity index (χ0v) is 63.3. The Kier molecular flexibility index (Phi) is 17.1. The molecule has 8 unspecified atom stereocenters. The quantitative estimate of drug-likeness (QED) is 0.145. The average molecular weight is 1240 g/mol. The Morgan fingerprint density at radius 1 is 0.506 bits per heavy atom. The van der Waals surface area contributed by atoms with Crippen LogP contribution in [0.2, 0.25) is 36.3 Å². The van der Waals surface area contributed by atoms with Crippen LogP contribution in [0.15, 0.2) is 0 Å². The van der Waals surface area contributed by atoms with E-state index in [1.165, 1.54) is 126 Å². The highest BCUT2D eigenvalue weighted by Crippen LogP contribution is 2.92. The van der Waals surface area contributed by atoms with Gasteiger partial charge < -0.3 is 28.2 Å². The fourth-order valence-corrected chi connectivity index (χ4v) is 33.7. The van der Waals surface area contributed by atoms with Crippen LogP contribution in [-0.2, 0) is 27.9 Å². The number of hydrogen-bond donors (Lipinski definition) is 1. The van der Waals surface area contributed by atoms with Gasteiger partial charge in [-0.05, 0) is 247 Å². The molecule has 0 aromatic heterocycles. The van der Waals surface area contributed by atoms with E-state index in [1.54, 1.807) is 6.92 Å². The van der Waals surface area contributed by atoms with E-state index in [9.17, 15) is 9.90 Å². The van der Waals surface area contributed by atoms with Crippen molar-refractivity contribution in [2.24, 2.45) is 124 Å². The first-order valence-corrected chi connectivity index (χ1v) is 42.9. The highest BCUT2D eigenvalue weighted by atomic mass is 28.4. The summed E-state index contributed by atoms with van der Waals surface area (Å²) in [6.07, 6.45) is 21.2. The Balaban J connectivity index is 0.000000181. The second-order valence-electron chi connectivity index (χ2n) is 38.8. The summed E-state index contributed by atoms with van der Waals surface area (Å²) in [5, 5.41) is 11.6. The first-order valence-electron chi connectivity index (χ1n) is 37.8. The molecule has 4 spiro atoms. The van der Waals surface area contributed by atoms with E-state index in [4.69, 9.17) is 23.1 Å². The lowest BCUT2D eigenvalue weighted by atomic mass is 9.41.